The summed E-state index contributed by atoms with van der Waals surface area (Å²) in [5, 5.41) is 5.73. The Balaban J connectivity index is 1.48. The van der Waals surface area contributed by atoms with Crippen molar-refractivity contribution in [1.82, 2.24) is 10.6 Å². The molecule has 0 unspecified atom stereocenters. The highest BCUT2D eigenvalue weighted by atomic mass is 35.5. The summed E-state index contributed by atoms with van der Waals surface area (Å²) in [6, 6.07) is 22.6. The molecule has 1 heterocycles. The topological polar surface area (TPSA) is 100 Å². The number of hydrogen-bond donors (Lipinski definition) is 2. The summed E-state index contributed by atoms with van der Waals surface area (Å²) < 4.78 is 5.41. The van der Waals surface area contributed by atoms with E-state index in [4.69, 9.17) is 16.3 Å². The lowest BCUT2D eigenvalue weighted by Crippen LogP contribution is -2.52. The number of carbonyl (C=O) groups is 3. The number of para-hydroxylation sites is 1. The van der Waals surface area contributed by atoms with Crippen LogP contribution in [0.5, 0.6) is 5.75 Å². The van der Waals surface area contributed by atoms with E-state index >= 15 is 0 Å². The monoisotopic (exact) mass is 504 g/mol. The number of benzene rings is 3. The van der Waals surface area contributed by atoms with Gasteiger partial charge >= 0.3 is 0 Å². The molecule has 8 nitrogen and oxygen atoms in total. The molecular weight excluding hydrogens is 480 g/mol. The van der Waals surface area contributed by atoms with Crippen molar-refractivity contribution in [3.8, 4) is 5.75 Å². The van der Waals surface area contributed by atoms with E-state index in [1.54, 1.807) is 31.3 Å². The van der Waals surface area contributed by atoms with Crippen LogP contribution in [0.15, 0.2) is 83.9 Å². The highest BCUT2D eigenvalue weighted by Gasteiger charge is 2.32. The van der Waals surface area contributed by atoms with Gasteiger partial charge in [-0.25, -0.2) is 4.99 Å². The number of amides is 3. The second-order valence-corrected chi connectivity index (χ2v) is 8.64. The maximum absolute atomic E-state index is 13.2. The Bertz CT molecular complexity index is 1310. The number of ether oxygens (including phenoxy) is 1. The first-order valence-corrected chi connectivity index (χ1v) is 11.7. The van der Waals surface area contributed by atoms with Gasteiger partial charge in [-0.05, 0) is 31.2 Å². The van der Waals surface area contributed by atoms with E-state index in [0.717, 1.165) is 11.1 Å². The Hall–Kier alpha value is -4.17. The van der Waals surface area contributed by atoms with Crippen LogP contribution in [0.2, 0.25) is 5.02 Å². The quantitative estimate of drug-likeness (QED) is 0.516. The molecule has 36 heavy (non-hydrogen) atoms. The number of benzodiazepines with no additional fused rings is 1. The van der Waals surface area contributed by atoms with E-state index < -0.39 is 29.9 Å². The third-order valence-corrected chi connectivity index (χ3v) is 5.84. The Morgan fingerprint density at radius 1 is 1.06 bits per heavy atom. The highest BCUT2D eigenvalue weighted by molar-refractivity contribution is 6.30. The van der Waals surface area contributed by atoms with E-state index in [1.807, 2.05) is 54.6 Å². The van der Waals surface area contributed by atoms with E-state index in [1.165, 1.54) is 11.8 Å². The molecule has 0 saturated heterocycles. The fourth-order valence-electron chi connectivity index (χ4n) is 3.76. The van der Waals surface area contributed by atoms with Crippen molar-refractivity contribution in [1.29, 1.82) is 0 Å². The van der Waals surface area contributed by atoms with Crippen molar-refractivity contribution in [2.75, 3.05) is 18.6 Å². The van der Waals surface area contributed by atoms with Crippen LogP contribution in [0.1, 0.15) is 18.1 Å². The molecule has 0 spiro atoms. The maximum Gasteiger partial charge on any atom is 0.272 e. The van der Waals surface area contributed by atoms with Crippen LogP contribution in [-0.2, 0) is 14.4 Å². The summed E-state index contributed by atoms with van der Waals surface area (Å²) in [5.74, 6) is -1.02. The molecule has 0 aromatic heterocycles. The molecule has 0 fully saturated rings. The van der Waals surface area contributed by atoms with Crippen LogP contribution < -0.4 is 20.3 Å². The van der Waals surface area contributed by atoms with Gasteiger partial charge < -0.3 is 20.3 Å². The number of rotatable bonds is 7. The Labute approximate surface area is 213 Å². The van der Waals surface area contributed by atoms with Gasteiger partial charge in [0.05, 0.1) is 11.4 Å². The third kappa shape index (κ3) is 5.72. The van der Waals surface area contributed by atoms with Crippen molar-refractivity contribution < 1.29 is 19.1 Å². The number of aliphatic imine (C=N–C) groups is 1. The van der Waals surface area contributed by atoms with Crippen LogP contribution in [0.4, 0.5) is 5.69 Å². The number of hydrogen-bond acceptors (Lipinski definition) is 5. The fraction of sp³-hybridized carbons (Fsp3) is 0.185. The molecule has 0 aliphatic carbocycles. The lowest BCUT2D eigenvalue weighted by Gasteiger charge is -2.22. The summed E-state index contributed by atoms with van der Waals surface area (Å²) in [6.07, 6.45) is -1.17. The van der Waals surface area contributed by atoms with Gasteiger partial charge in [0.1, 0.15) is 11.8 Å². The van der Waals surface area contributed by atoms with Crippen molar-refractivity contribution in [2.24, 2.45) is 4.99 Å². The maximum atomic E-state index is 13.2. The summed E-state index contributed by atoms with van der Waals surface area (Å²) >= 11 is 5.92. The zero-order valence-electron chi connectivity index (χ0n) is 19.8. The summed E-state index contributed by atoms with van der Waals surface area (Å²) in [4.78, 5) is 44.6. The summed E-state index contributed by atoms with van der Waals surface area (Å²) in [7, 11) is 1.64. The lowest BCUT2D eigenvalue weighted by atomic mass is 10.0. The first-order valence-electron chi connectivity index (χ1n) is 11.3. The van der Waals surface area contributed by atoms with Gasteiger partial charge in [0, 0.05) is 23.2 Å². The van der Waals surface area contributed by atoms with Crippen LogP contribution in [0.3, 0.4) is 0 Å². The molecule has 9 heteroatoms. The molecule has 0 radical (unpaired) electrons. The summed E-state index contributed by atoms with van der Waals surface area (Å²) in [5.41, 5.74) is 2.85. The van der Waals surface area contributed by atoms with Gasteiger partial charge in [-0.1, -0.05) is 66.2 Å². The molecule has 3 aromatic carbocycles. The van der Waals surface area contributed by atoms with Gasteiger partial charge in [0.2, 0.25) is 12.1 Å². The zero-order chi connectivity index (χ0) is 25.7. The molecule has 1 aliphatic rings. The van der Waals surface area contributed by atoms with Crippen LogP contribution in [-0.4, -0.2) is 49.3 Å². The second-order valence-electron chi connectivity index (χ2n) is 8.20. The minimum absolute atomic E-state index is 0.297. The normalized spacial score (nSPS) is 15.8. The molecular formula is C27H25ClN4O4. The van der Waals surface area contributed by atoms with Gasteiger partial charge in [-0.15, -0.1) is 0 Å². The Kier molecular flexibility index (Phi) is 7.65. The molecule has 3 amide bonds. The van der Waals surface area contributed by atoms with Crippen LogP contribution in [0, 0.1) is 0 Å². The predicted molar refractivity (Wildman–Crippen MR) is 138 cm³/mol. The first kappa shape index (κ1) is 24.9. The van der Waals surface area contributed by atoms with Gasteiger partial charge in [-0.2, -0.15) is 0 Å². The van der Waals surface area contributed by atoms with Gasteiger partial charge in [0.15, 0.2) is 6.61 Å². The molecule has 3 aromatic rings. The molecule has 184 valence electrons. The Morgan fingerprint density at radius 2 is 1.78 bits per heavy atom. The second kappa shape index (κ2) is 11.0. The molecule has 2 N–H and O–H groups in total. The number of nitrogens with one attached hydrogen (secondary N) is 2. The Morgan fingerprint density at radius 3 is 2.53 bits per heavy atom. The minimum atomic E-state index is -1.17. The number of nitrogens with zero attached hydrogens (tertiary/aromatic N) is 2. The molecule has 4 rings (SSSR count). The summed E-state index contributed by atoms with van der Waals surface area (Å²) in [6.45, 7) is 1.22. The average molecular weight is 505 g/mol. The van der Waals surface area contributed by atoms with E-state index in [0.29, 0.717) is 22.2 Å². The SMILES string of the molecule is C[C@H](NC(=O)COc1cccc(Cl)c1)C(=O)N[C@H]1N=C(c2ccccc2)c2ccccc2N(C)C1=O. The molecule has 0 bridgehead atoms. The molecule has 2 atom stereocenters. The number of carbonyl (C=O) groups excluding carboxylic acids is 3. The lowest BCUT2D eigenvalue weighted by molar-refractivity contribution is -0.131. The first-order chi connectivity index (χ1) is 17.3. The number of likely N-dealkylation sites (N-methyl/N-ethyl adjacent to an activating group) is 1. The van der Waals surface area contributed by atoms with Gasteiger partial charge in [0.25, 0.3) is 11.8 Å². The van der Waals surface area contributed by atoms with Gasteiger partial charge in [-0.3, -0.25) is 14.4 Å². The molecule has 1 aliphatic heterocycles. The van der Waals surface area contributed by atoms with Crippen LogP contribution in [0.25, 0.3) is 0 Å². The van der Waals surface area contributed by atoms with Crippen molar-refractivity contribution in [3.05, 3.63) is 95.0 Å². The van der Waals surface area contributed by atoms with Crippen molar-refractivity contribution in [2.45, 2.75) is 19.1 Å². The predicted octanol–water partition coefficient (Wildman–Crippen LogP) is 3.18. The fourth-order valence-corrected chi connectivity index (χ4v) is 3.94. The minimum Gasteiger partial charge on any atom is -0.484 e. The number of anilines is 1. The third-order valence-electron chi connectivity index (χ3n) is 5.61. The van der Waals surface area contributed by atoms with Crippen molar-refractivity contribution >= 4 is 40.7 Å². The smallest absolute Gasteiger partial charge is 0.272 e. The standard InChI is InChI=1S/C27H25ClN4O4/c1-17(29-23(33)16-36-20-12-8-11-19(28)15-20)26(34)31-25-27(35)32(2)22-14-7-6-13-21(22)24(30-25)18-9-4-3-5-10-18/h3-15,17,25H,16H2,1-2H3,(H,29,33)(H,31,34)/t17-,25+/m0/s1. The van der Waals surface area contributed by atoms with Crippen molar-refractivity contribution in [3.63, 3.8) is 0 Å². The zero-order valence-corrected chi connectivity index (χ0v) is 20.5. The van der Waals surface area contributed by atoms with Crippen LogP contribution >= 0.6 is 11.6 Å². The number of halogens is 1. The highest BCUT2D eigenvalue weighted by Crippen LogP contribution is 2.27. The average Bonchev–Trinajstić information content (AvgIpc) is 2.98. The van der Waals surface area contributed by atoms with E-state index in [-0.39, 0.29) is 6.61 Å². The number of fused-ring (bicyclic) bond motifs is 1. The van der Waals surface area contributed by atoms with E-state index in [2.05, 4.69) is 15.6 Å². The van der Waals surface area contributed by atoms with E-state index in [9.17, 15) is 14.4 Å². The largest absolute Gasteiger partial charge is 0.484 e. The molecule has 0 saturated carbocycles.